The Balaban J connectivity index is 1.91. The highest BCUT2D eigenvalue weighted by Crippen LogP contribution is 2.50. The van der Waals surface area contributed by atoms with E-state index >= 15 is 0 Å². The molecule has 46 heavy (non-hydrogen) atoms. The van der Waals surface area contributed by atoms with Crippen LogP contribution in [0, 0.1) is 5.41 Å². The molecule has 8 nitrogen and oxygen atoms in total. The highest BCUT2D eigenvalue weighted by atomic mass is 35.5. The summed E-state index contributed by atoms with van der Waals surface area (Å²) in [7, 11) is 12.3. The lowest BCUT2D eigenvalue weighted by molar-refractivity contribution is -0.138. The number of halogens is 6. The zero-order valence-electron chi connectivity index (χ0n) is 24.8. The number of thioether (sulfide) groups is 1. The van der Waals surface area contributed by atoms with E-state index in [9.17, 15) is 36.6 Å². The van der Waals surface area contributed by atoms with E-state index in [4.69, 9.17) is 32.0 Å². The third-order valence-corrected chi connectivity index (χ3v) is 9.60. The molecular weight excluding hydrogens is 652 g/mol. The molecule has 1 aromatic rings. The number of hydrogen-bond acceptors (Lipinski definition) is 6. The van der Waals surface area contributed by atoms with Crippen molar-refractivity contribution in [2.45, 2.75) is 24.0 Å². The lowest BCUT2D eigenvalue weighted by atomic mass is 9.85. The van der Waals surface area contributed by atoms with Gasteiger partial charge in [-0.15, -0.1) is 11.8 Å². The summed E-state index contributed by atoms with van der Waals surface area (Å²) >= 11 is 7.01. The first-order valence-electron chi connectivity index (χ1n) is 13.9. The number of hydrogen-bond donors (Lipinski definition) is 1. The monoisotopic (exact) mass is 680 g/mol. The number of aliphatic imine (C=N–C) groups is 1. The van der Waals surface area contributed by atoms with Gasteiger partial charge in [-0.3, -0.25) is 14.6 Å². The average Bonchev–Trinajstić information content (AvgIpc) is 3.18. The molecular formula is C29H28B2ClF5N4O4S. The van der Waals surface area contributed by atoms with Crippen molar-refractivity contribution >= 4 is 69.0 Å². The fraction of sp³-hybridized carbons (Fsp3) is 0.414. The van der Waals surface area contributed by atoms with Crippen molar-refractivity contribution in [3.63, 3.8) is 0 Å². The number of alkyl halides is 3. The Hall–Kier alpha value is -3.23. The van der Waals surface area contributed by atoms with E-state index in [1.165, 1.54) is 16.8 Å². The van der Waals surface area contributed by atoms with E-state index in [2.05, 4.69) is 4.99 Å². The number of benzene rings is 1. The van der Waals surface area contributed by atoms with Gasteiger partial charge in [0.2, 0.25) is 12.3 Å². The van der Waals surface area contributed by atoms with Crippen LogP contribution in [-0.4, -0.2) is 107 Å². The van der Waals surface area contributed by atoms with Crippen LogP contribution >= 0.6 is 23.4 Å². The van der Waals surface area contributed by atoms with Gasteiger partial charge in [0, 0.05) is 78.2 Å². The van der Waals surface area contributed by atoms with Crippen molar-refractivity contribution in [2.75, 3.05) is 57.1 Å². The summed E-state index contributed by atoms with van der Waals surface area (Å²) in [5, 5.41) is 8.83. The predicted octanol–water partition coefficient (Wildman–Crippen LogP) is 4.68. The summed E-state index contributed by atoms with van der Waals surface area (Å²) in [5.74, 6) is -1.45. The van der Waals surface area contributed by atoms with E-state index < -0.39 is 51.1 Å². The van der Waals surface area contributed by atoms with Gasteiger partial charge in [-0.05, 0) is 24.5 Å². The normalized spacial score (nSPS) is 21.6. The van der Waals surface area contributed by atoms with Crippen LogP contribution in [-0.2, 0) is 20.5 Å². The number of ether oxygens (including phenoxy) is 1. The maximum Gasteiger partial charge on any atom is 0.417 e. The summed E-state index contributed by atoms with van der Waals surface area (Å²) in [5.41, 5.74) is -3.17. The van der Waals surface area contributed by atoms with Gasteiger partial charge >= 0.3 is 6.18 Å². The third kappa shape index (κ3) is 7.18. The fourth-order valence-corrected chi connectivity index (χ4v) is 7.07. The number of allylic oxidation sites excluding steroid dienone is 4. The zero-order chi connectivity index (χ0) is 34.0. The molecule has 4 radical (unpaired) electrons. The van der Waals surface area contributed by atoms with Gasteiger partial charge in [0.1, 0.15) is 19.5 Å². The molecule has 242 valence electrons. The molecule has 0 aliphatic carbocycles. The van der Waals surface area contributed by atoms with Crippen LogP contribution in [0.5, 0.6) is 0 Å². The number of aliphatic hydroxyl groups is 1. The van der Waals surface area contributed by atoms with Crippen LogP contribution in [0.4, 0.5) is 27.6 Å². The smallest absolute Gasteiger partial charge is 0.417 e. The lowest BCUT2D eigenvalue weighted by Gasteiger charge is -2.43. The first-order chi connectivity index (χ1) is 21.7. The second kappa shape index (κ2) is 14.3. The molecule has 1 atom stereocenters. The highest BCUT2D eigenvalue weighted by Gasteiger charge is 2.46. The predicted molar refractivity (Wildman–Crippen MR) is 168 cm³/mol. The number of amides is 2. The Morgan fingerprint density at radius 1 is 1.26 bits per heavy atom. The third-order valence-electron chi connectivity index (χ3n) is 7.84. The van der Waals surface area contributed by atoms with Gasteiger partial charge in [0.05, 0.1) is 35.8 Å². The molecule has 0 bridgehead atoms. The van der Waals surface area contributed by atoms with Crippen molar-refractivity contribution in [3.8, 4) is 0 Å². The van der Waals surface area contributed by atoms with Crippen molar-refractivity contribution in [1.82, 2.24) is 9.80 Å². The molecule has 3 heterocycles. The van der Waals surface area contributed by atoms with E-state index in [-0.39, 0.29) is 73.3 Å². The minimum absolute atomic E-state index is 0.0117. The molecule has 3 aliphatic rings. The van der Waals surface area contributed by atoms with Crippen LogP contribution in [0.1, 0.15) is 23.6 Å². The molecule has 2 fully saturated rings. The maximum absolute atomic E-state index is 14.8. The molecule has 0 saturated carbocycles. The Kier molecular flexibility index (Phi) is 11.0. The zero-order valence-corrected chi connectivity index (χ0v) is 26.4. The second-order valence-corrected chi connectivity index (χ2v) is 12.4. The quantitative estimate of drug-likeness (QED) is 0.0687. The number of aliphatic hydroxyl groups excluding tert-OH is 1. The van der Waals surface area contributed by atoms with E-state index in [1.54, 1.807) is 11.8 Å². The fourth-order valence-electron chi connectivity index (χ4n) is 5.54. The van der Waals surface area contributed by atoms with E-state index in [0.717, 1.165) is 30.0 Å². The molecule has 17 heteroatoms. The molecule has 2 saturated heterocycles. The van der Waals surface area contributed by atoms with Gasteiger partial charge in [-0.25, -0.2) is 8.78 Å². The van der Waals surface area contributed by atoms with E-state index in [0.29, 0.717) is 18.2 Å². The topological polar surface area (TPSA) is 85.7 Å². The molecule has 3 aliphatic heterocycles. The number of carbonyl (C=O) groups excluding carboxylic acids is 2. The van der Waals surface area contributed by atoms with Crippen LogP contribution in [0.25, 0.3) is 6.08 Å². The molecule has 1 N–H and O–H groups in total. The summed E-state index contributed by atoms with van der Waals surface area (Å²) in [6.07, 6.45) is -2.17. The Bertz CT molecular complexity index is 1540. The standard InChI is InChI=1S/C29H28B2ClF5N4O4S/c1-16-10-39(27(44)22(30)25(31)43)7-8-41(16)26(38-2)18-9-19(29(35,36)37)17(3-4-20(32)21(34)5-6-33)24-23(18)40(15-42)11-28(14-46-24)12-45-13-28/h3-6,9,15-16,43H,7-8,10-14H2,1-2H3/b4-3+,6-5+,21-20-,25-22+,38-26?. The second-order valence-electron chi connectivity index (χ2n) is 11.0. The summed E-state index contributed by atoms with van der Waals surface area (Å²) in [4.78, 5) is 34.2. The largest absolute Gasteiger partial charge is 0.524 e. The van der Waals surface area contributed by atoms with E-state index in [1.807, 2.05) is 0 Å². The minimum atomic E-state index is -4.92. The van der Waals surface area contributed by atoms with Gasteiger partial charge in [-0.2, -0.15) is 13.2 Å². The summed E-state index contributed by atoms with van der Waals surface area (Å²) in [6, 6.07) is 0.388. The first-order valence-corrected chi connectivity index (χ1v) is 15.2. The number of fused-ring (bicyclic) bond motifs is 1. The summed E-state index contributed by atoms with van der Waals surface area (Å²) < 4.78 is 76.5. The lowest BCUT2D eigenvalue weighted by Crippen LogP contribution is -2.56. The molecule has 2 amide bonds. The Morgan fingerprint density at radius 2 is 1.96 bits per heavy atom. The number of piperazine rings is 1. The number of amidine groups is 1. The maximum atomic E-state index is 14.8. The van der Waals surface area contributed by atoms with Gasteiger partial charge in [0.25, 0.3) is 0 Å². The number of carbonyl (C=O) groups is 2. The van der Waals surface area contributed by atoms with Crippen molar-refractivity contribution < 1.29 is 41.4 Å². The summed E-state index contributed by atoms with van der Waals surface area (Å²) in [6.45, 7) is 2.71. The van der Waals surface area contributed by atoms with Gasteiger partial charge < -0.3 is 24.5 Å². The minimum Gasteiger partial charge on any atom is -0.524 e. The van der Waals surface area contributed by atoms with Crippen LogP contribution < -0.4 is 4.90 Å². The van der Waals surface area contributed by atoms with Crippen LogP contribution in [0.3, 0.4) is 0 Å². The molecule has 4 rings (SSSR count). The van der Waals surface area contributed by atoms with Crippen molar-refractivity contribution in [1.29, 1.82) is 0 Å². The molecule has 0 aromatic heterocycles. The molecule has 1 aromatic carbocycles. The average molecular weight is 681 g/mol. The SMILES string of the molecule is [B]/C(O)=C(\[B])C(=O)N1CCN(C(=NC)c2cc(C(F)(F)F)c(/C=C/C(Cl)=C(F)\C=C\F)c3c2N(C=O)CC2(COC2)CS3)C(C)C1. The van der Waals surface area contributed by atoms with Gasteiger partial charge in [0.15, 0.2) is 7.85 Å². The Morgan fingerprint density at radius 3 is 2.48 bits per heavy atom. The number of nitrogens with zero attached hydrogens (tertiary/aromatic N) is 4. The number of anilines is 1. The highest BCUT2D eigenvalue weighted by molar-refractivity contribution is 7.99. The van der Waals surface area contributed by atoms with Crippen LogP contribution in [0.15, 0.2) is 56.4 Å². The van der Waals surface area contributed by atoms with Gasteiger partial charge in [-0.1, -0.05) is 17.7 Å². The van der Waals surface area contributed by atoms with Crippen molar-refractivity contribution in [2.24, 2.45) is 10.4 Å². The van der Waals surface area contributed by atoms with Crippen molar-refractivity contribution in [3.05, 3.63) is 63.2 Å². The first kappa shape index (κ1) is 35.6. The molecule has 1 unspecified atom stereocenters. The molecule has 1 spiro atoms. The Labute approximate surface area is 274 Å². The number of rotatable bonds is 6. The van der Waals surface area contributed by atoms with Crippen LogP contribution in [0.2, 0.25) is 0 Å².